The van der Waals surface area contributed by atoms with Crippen LogP contribution in [0.25, 0.3) is 0 Å². The molecule has 1 aliphatic heterocycles. The number of fused-ring (bicyclic) bond motifs is 1. The highest BCUT2D eigenvalue weighted by Gasteiger charge is 2.36. The topological polar surface area (TPSA) is 87.7 Å². The van der Waals surface area contributed by atoms with Gasteiger partial charge < -0.3 is 10.5 Å². The summed E-state index contributed by atoms with van der Waals surface area (Å²) < 4.78 is 5.44. The summed E-state index contributed by atoms with van der Waals surface area (Å²) in [7, 11) is 0. The second-order valence-electron chi connectivity index (χ2n) is 5.22. The fourth-order valence-electron chi connectivity index (χ4n) is 2.41. The van der Waals surface area contributed by atoms with Gasteiger partial charge in [0.15, 0.2) is 0 Å². The molecule has 0 unspecified atom stereocenters. The highest BCUT2D eigenvalue weighted by atomic mass is 16.5. The van der Waals surface area contributed by atoms with E-state index in [1.807, 2.05) is 0 Å². The maximum Gasteiger partial charge on any atom is 0.243 e. The van der Waals surface area contributed by atoms with E-state index in [4.69, 9.17) is 10.5 Å². The number of H-pyrrole nitrogens is 1. The molecule has 0 radical (unpaired) electrons. The van der Waals surface area contributed by atoms with Crippen LogP contribution >= 0.6 is 0 Å². The van der Waals surface area contributed by atoms with Crippen LogP contribution in [-0.2, 0) is 0 Å². The quantitative estimate of drug-likeness (QED) is 0.838. The van der Waals surface area contributed by atoms with Crippen molar-refractivity contribution < 1.29 is 4.74 Å². The van der Waals surface area contributed by atoms with E-state index < -0.39 is 0 Å². The number of hydrogen-bond acceptors (Lipinski definition) is 4. The van der Waals surface area contributed by atoms with Gasteiger partial charge in [0, 0.05) is 17.2 Å². The highest BCUT2D eigenvalue weighted by Crippen LogP contribution is 2.44. The van der Waals surface area contributed by atoms with Crippen LogP contribution in [0.1, 0.15) is 50.8 Å². The van der Waals surface area contributed by atoms with E-state index in [1.54, 1.807) is 0 Å². The minimum atomic E-state index is -0.0464. The first-order valence-corrected chi connectivity index (χ1v) is 6.13. The molecule has 1 aromatic heterocycles. The zero-order chi connectivity index (χ0) is 13.4. The van der Waals surface area contributed by atoms with E-state index in [-0.39, 0.29) is 17.7 Å². The molecule has 1 aromatic rings. The molecule has 0 saturated carbocycles. The summed E-state index contributed by atoms with van der Waals surface area (Å²) in [4.78, 5) is 0. The number of rotatable bonds is 2. The van der Waals surface area contributed by atoms with Crippen LogP contribution in [0.3, 0.4) is 0 Å². The molecule has 0 aliphatic carbocycles. The number of ether oxygens (including phenoxy) is 1. The Bertz CT molecular complexity index is 534. The fraction of sp³-hybridized carbons (Fsp3) is 0.538. The van der Waals surface area contributed by atoms with E-state index in [0.717, 1.165) is 11.3 Å². The van der Waals surface area contributed by atoms with Crippen LogP contribution in [0.2, 0.25) is 0 Å². The predicted molar refractivity (Wildman–Crippen MR) is 67.7 cm³/mol. The van der Waals surface area contributed by atoms with Gasteiger partial charge in [-0.15, -0.1) is 5.10 Å². The standard InChI is InChI=1S/C13H18N4O/c1-6(2)9-8(5-14)12(15)18-13-10(9)11(7(3)4)16-17-13/h6-7,9H,15H2,1-4H3,(H,16,17)/t9-/m0/s1. The monoisotopic (exact) mass is 246 g/mol. The van der Waals surface area contributed by atoms with Gasteiger partial charge in [-0.2, -0.15) is 5.26 Å². The Morgan fingerprint density at radius 1 is 1.39 bits per heavy atom. The highest BCUT2D eigenvalue weighted by molar-refractivity contribution is 5.49. The molecule has 1 atom stereocenters. The Balaban J connectivity index is 2.62. The molecule has 2 heterocycles. The minimum absolute atomic E-state index is 0.0464. The lowest BCUT2D eigenvalue weighted by atomic mass is 9.80. The van der Waals surface area contributed by atoms with Crippen molar-refractivity contribution in [2.45, 2.75) is 39.5 Å². The molecular formula is C13H18N4O. The number of nitrogens with zero attached hydrogens (tertiary/aromatic N) is 2. The zero-order valence-corrected chi connectivity index (χ0v) is 11.1. The van der Waals surface area contributed by atoms with Crippen LogP contribution in [-0.4, -0.2) is 10.2 Å². The molecule has 3 N–H and O–H groups in total. The molecule has 96 valence electrons. The fourth-order valence-corrected chi connectivity index (χ4v) is 2.41. The Kier molecular flexibility index (Phi) is 3.04. The molecular weight excluding hydrogens is 228 g/mol. The molecule has 5 heteroatoms. The van der Waals surface area contributed by atoms with Crippen LogP contribution in [0.4, 0.5) is 0 Å². The number of nitrogens with two attached hydrogens (primary N) is 1. The molecule has 0 aromatic carbocycles. The van der Waals surface area contributed by atoms with Crippen LogP contribution < -0.4 is 10.5 Å². The summed E-state index contributed by atoms with van der Waals surface area (Å²) in [6.07, 6.45) is 0. The smallest absolute Gasteiger partial charge is 0.243 e. The number of aromatic nitrogens is 2. The molecule has 0 bridgehead atoms. The maximum absolute atomic E-state index is 9.27. The van der Waals surface area contributed by atoms with Gasteiger partial charge in [0.1, 0.15) is 6.07 Å². The van der Waals surface area contributed by atoms with E-state index in [1.165, 1.54) is 0 Å². The van der Waals surface area contributed by atoms with Crippen molar-refractivity contribution in [3.05, 3.63) is 22.7 Å². The first-order chi connectivity index (χ1) is 8.47. The van der Waals surface area contributed by atoms with Crippen molar-refractivity contribution in [1.82, 2.24) is 10.2 Å². The molecule has 18 heavy (non-hydrogen) atoms. The van der Waals surface area contributed by atoms with Gasteiger partial charge in [-0.25, -0.2) is 0 Å². The summed E-state index contributed by atoms with van der Waals surface area (Å²) >= 11 is 0. The third kappa shape index (κ3) is 1.74. The van der Waals surface area contributed by atoms with Crippen LogP contribution in [0.15, 0.2) is 11.5 Å². The average molecular weight is 246 g/mol. The second-order valence-corrected chi connectivity index (χ2v) is 5.22. The lowest BCUT2D eigenvalue weighted by molar-refractivity contribution is 0.359. The van der Waals surface area contributed by atoms with E-state index >= 15 is 0 Å². The lowest BCUT2D eigenvalue weighted by Gasteiger charge is -2.26. The molecule has 1 aliphatic rings. The largest absolute Gasteiger partial charge is 0.420 e. The summed E-state index contributed by atoms with van der Waals surface area (Å²) in [6, 6.07) is 2.17. The van der Waals surface area contributed by atoms with Crippen LogP contribution in [0, 0.1) is 17.2 Å². The lowest BCUT2D eigenvalue weighted by Crippen LogP contribution is -2.23. The summed E-state index contributed by atoms with van der Waals surface area (Å²) in [5, 5.41) is 16.4. The second kappa shape index (κ2) is 4.37. The number of nitriles is 1. The van der Waals surface area contributed by atoms with Crippen molar-refractivity contribution in [2.24, 2.45) is 11.7 Å². The molecule has 2 rings (SSSR count). The van der Waals surface area contributed by atoms with Gasteiger partial charge in [0.05, 0.1) is 5.57 Å². The van der Waals surface area contributed by atoms with Gasteiger partial charge in [0.25, 0.3) is 0 Å². The van der Waals surface area contributed by atoms with Crippen molar-refractivity contribution in [1.29, 1.82) is 5.26 Å². The van der Waals surface area contributed by atoms with Gasteiger partial charge in [-0.05, 0) is 11.8 Å². The van der Waals surface area contributed by atoms with Crippen molar-refractivity contribution in [3.8, 4) is 11.9 Å². The van der Waals surface area contributed by atoms with Gasteiger partial charge in [0.2, 0.25) is 11.8 Å². The SMILES string of the molecule is CC(C)c1[nH]nc2c1[C@@H](C(C)C)C(C#N)=C(N)O2. The van der Waals surface area contributed by atoms with Gasteiger partial charge >= 0.3 is 0 Å². The van der Waals surface area contributed by atoms with E-state index in [9.17, 15) is 5.26 Å². The number of allylic oxidation sites excluding steroid dienone is 1. The number of hydrogen-bond donors (Lipinski definition) is 2. The maximum atomic E-state index is 9.27. The minimum Gasteiger partial charge on any atom is -0.420 e. The van der Waals surface area contributed by atoms with Gasteiger partial charge in [-0.3, -0.25) is 5.10 Å². The molecule has 5 nitrogen and oxygen atoms in total. The first kappa shape index (κ1) is 12.5. The summed E-state index contributed by atoms with van der Waals surface area (Å²) in [5.41, 5.74) is 8.29. The Morgan fingerprint density at radius 2 is 2.06 bits per heavy atom. The molecule has 0 saturated heterocycles. The Labute approximate surface area is 107 Å². The zero-order valence-electron chi connectivity index (χ0n) is 11.1. The molecule has 0 spiro atoms. The van der Waals surface area contributed by atoms with E-state index in [0.29, 0.717) is 17.4 Å². The molecule has 0 fully saturated rings. The van der Waals surface area contributed by atoms with Crippen molar-refractivity contribution >= 4 is 0 Å². The first-order valence-electron chi connectivity index (χ1n) is 6.13. The third-order valence-corrected chi connectivity index (χ3v) is 3.26. The average Bonchev–Trinajstić information content (AvgIpc) is 2.69. The Morgan fingerprint density at radius 3 is 2.56 bits per heavy atom. The van der Waals surface area contributed by atoms with E-state index in [2.05, 4.69) is 44.0 Å². The van der Waals surface area contributed by atoms with Crippen molar-refractivity contribution in [2.75, 3.05) is 0 Å². The third-order valence-electron chi connectivity index (χ3n) is 3.26. The number of aromatic amines is 1. The summed E-state index contributed by atoms with van der Waals surface area (Å²) in [5.74, 6) is 1.19. The summed E-state index contributed by atoms with van der Waals surface area (Å²) in [6.45, 7) is 8.31. The number of nitrogens with one attached hydrogen (secondary N) is 1. The molecule has 0 amide bonds. The Hall–Kier alpha value is -1.96. The van der Waals surface area contributed by atoms with Crippen LogP contribution in [0.5, 0.6) is 5.88 Å². The predicted octanol–water partition coefficient (Wildman–Crippen LogP) is 2.36. The van der Waals surface area contributed by atoms with Crippen molar-refractivity contribution in [3.63, 3.8) is 0 Å². The van der Waals surface area contributed by atoms with Gasteiger partial charge in [-0.1, -0.05) is 27.7 Å². The normalized spacial score (nSPS) is 18.8.